The summed E-state index contributed by atoms with van der Waals surface area (Å²) >= 11 is 0. The molecule has 0 spiro atoms. The summed E-state index contributed by atoms with van der Waals surface area (Å²) in [5, 5.41) is 3.03. The highest BCUT2D eigenvalue weighted by molar-refractivity contribution is 5.95. The Hall–Kier alpha value is -1.79. The van der Waals surface area contributed by atoms with Crippen LogP contribution < -0.4 is 19.7 Å². The zero-order chi connectivity index (χ0) is 16.5. The number of carbonyl (C=O) groups excluding carboxylic acids is 1. The van der Waals surface area contributed by atoms with Gasteiger partial charge in [-0.1, -0.05) is 6.92 Å². The van der Waals surface area contributed by atoms with E-state index < -0.39 is 0 Å². The van der Waals surface area contributed by atoms with E-state index in [0.29, 0.717) is 31.2 Å². The number of nitrogens with one attached hydrogen (secondary N) is 1. The molecule has 6 nitrogen and oxygen atoms in total. The standard InChI is InChI=1S/C16H26N2O4/c1-12(11-17-2)16(19)18(8-9-20-3)13-6-7-14(21-4)15(10-13)22-5/h6-7,10,12,17H,8-9,11H2,1-5H3. The molecule has 0 saturated heterocycles. The summed E-state index contributed by atoms with van der Waals surface area (Å²) < 4.78 is 15.7. The van der Waals surface area contributed by atoms with Gasteiger partial charge in [-0.3, -0.25) is 4.79 Å². The molecule has 0 saturated carbocycles. The quantitative estimate of drug-likeness (QED) is 0.750. The van der Waals surface area contributed by atoms with Crippen LogP contribution in [0, 0.1) is 5.92 Å². The zero-order valence-corrected chi connectivity index (χ0v) is 14.0. The largest absolute Gasteiger partial charge is 0.493 e. The Morgan fingerprint density at radius 3 is 2.45 bits per heavy atom. The Balaban J connectivity index is 3.07. The Bertz CT molecular complexity index is 479. The average Bonchev–Trinajstić information content (AvgIpc) is 2.54. The van der Waals surface area contributed by atoms with Crippen molar-refractivity contribution in [2.75, 3.05) is 53.0 Å². The van der Waals surface area contributed by atoms with Crippen molar-refractivity contribution in [2.24, 2.45) is 5.92 Å². The summed E-state index contributed by atoms with van der Waals surface area (Å²) in [5.74, 6) is 1.14. The van der Waals surface area contributed by atoms with E-state index in [-0.39, 0.29) is 11.8 Å². The number of amides is 1. The van der Waals surface area contributed by atoms with Gasteiger partial charge >= 0.3 is 0 Å². The van der Waals surface area contributed by atoms with E-state index in [2.05, 4.69) is 5.32 Å². The average molecular weight is 310 g/mol. The maximum absolute atomic E-state index is 12.7. The number of methoxy groups -OCH3 is 3. The fraction of sp³-hybridized carbons (Fsp3) is 0.562. The first-order valence-electron chi connectivity index (χ1n) is 7.26. The SMILES string of the molecule is CNCC(C)C(=O)N(CCOC)c1ccc(OC)c(OC)c1. The molecule has 0 radical (unpaired) electrons. The lowest BCUT2D eigenvalue weighted by Gasteiger charge is -2.26. The van der Waals surface area contributed by atoms with Gasteiger partial charge in [0.1, 0.15) is 0 Å². The zero-order valence-electron chi connectivity index (χ0n) is 14.0. The third kappa shape index (κ3) is 4.61. The molecule has 0 fully saturated rings. The summed E-state index contributed by atoms with van der Waals surface area (Å²) in [6.07, 6.45) is 0. The molecule has 1 aromatic rings. The molecule has 0 heterocycles. The molecule has 0 bridgehead atoms. The van der Waals surface area contributed by atoms with Crippen molar-refractivity contribution in [3.63, 3.8) is 0 Å². The van der Waals surface area contributed by atoms with E-state index in [1.165, 1.54) is 0 Å². The highest BCUT2D eigenvalue weighted by Gasteiger charge is 2.22. The fourth-order valence-corrected chi connectivity index (χ4v) is 2.20. The van der Waals surface area contributed by atoms with Crippen LogP contribution in [0.1, 0.15) is 6.92 Å². The minimum absolute atomic E-state index is 0.0404. The lowest BCUT2D eigenvalue weighted by Crippen LogP contribution is -2.40. The van der Waals surface area contributed by atoms with Gasteiger partial charge < -0.3 is 24.4 Å². The van der Waals surface area contributed by atoms with Crippen molar-refractivity contribution in [3.05, 3.63) is 18.2 Å². The number of nitrogens with zero attached hydrogens (tertiary/aromatic N) is 1. The van der Waals surface area contributed by atoms with E-state index in [4.69, 9.17) is 14.2 Å². The van der Waals surface area contributed by atoms with Crippen molar-refractivity contribution in [2.45, 2.75) is 6.92 Å². The van der Waals surface area contributed by atoms with E-state index in [0.717, 1.165) is 5.69 Å². The Morgan fingerprint density at radius 2 is 1.91 bits per heavy atom. The molecule has 0 aromatic heterocycles. The van der Waals surface area contributed by atoms with Crippen LogP contribution in [-0.2, 0) is 9.53 Å². The minimum atomic E-state index is -0.130. The number of rotatable bonds is 9. The molecule has 1 amide bonds. The van der Waals surface area contributed by atoms with Gasteiger partial charge in [-0.15, -0.1) is 0 Å². The number of benzene rings is 1. The topological polar surface area (TPSA) is 60.0 Å². The lowest BCUT2D eigenvalue weighted by molar-refractivity contribution is -0.121. The summed E-state index contributed by atoms with van der Waals surface area (Å²) in [6, 6.07) is 5.45. The second kappa shape index (κ2) is 9.27. The predicted octanol–water partition coefficient (Wildman–Crippen LogP) is 1.54. The van der Waals surface area contributed by atoms with Gasteiger partial charge in [0.2, 0.25) is 5.91 Å². The minimum Gasteiger partial charge on any atom is -0.493 e. The lowest BCUT2D eigenvalue weighted by atomic mass is 10.1. The fourth-order valence-electron chi connectivity index (χ4n) is 2.20. The molecule has 1 N–H and O–H groups in total. The monoisotopic (exact) mass is 310 g/mol. The van der Waals surface area contributed by atoms with Crippen molar-refractivity contribution in [3.8, 4) is 11.5 Å². The molecule has 0 aliphatic rings. The van der Waals surface area contributed by atoms with Crippen molar-refractivity contribution < 1.29 is 19.0 Å². The molecule has 124 valence electrons. The molecule has 0 aliphatic carbocycles. The molecule has 1 rings (SSSR count). The van der Waals surface area contributed by atoms with Gasteiger partial charge in [-0.25, -0.2) is 0 Å². The van der Waals surface area contributed by atoms with Crippen molar-refractivity contribution in [1.29, 1.82) is 0 Å². The summed E-state index contributed by atoms with van der Waals surface area (Å²) in [4.78, 5) is 14.4. The maximum Gasteiger partial charge on any atom is 0.231 e. The molecule has 22 heavy (non-hydrogen) atoms. The van der Waals surface area contributed by atoms with Gasteiger partial charge in [0.25, 0.3) is 0 Å². The van der Waals surface area contributed by atoms with E-state index in [9.17, 15) is 4.79 Å². The molecular weight excluding hydrogens is 284 g/mol. The molecule has 1 unspecified atom stereocenters. The third-order valence-corrected chi connectivity index (χ3v) is 3.40. The van der Waals surface area contributed by atoms with Crippen LogP contribution in [0.25, 0.3) is 0 Å². The van der Waals surface area contributed by atoms with Crippen LogP contribution in [0.2, 0.25) is 0 Å². The van der Waals surface area contributed by atoms with E-state index >= 15 is 0 Å². The van der Waals surface area contributed by atoms with Gasteiger partial charge in [0, 0.05) is 37.9 Å². The van der Waals surface area contributed by atoms with Crippen LogP contribution in [0.3, 0.4) is 0 Å². The second-order valence-electron chi connectivity index (χ2n) is 4.98. The number of carbonyl (C=O) groups is 1. The van der Waals surface area contributed by atoms with Crippen LogP contribution in [0.4, 0.5) is 5.69 Å². The Kier molecular flexibility index (Phi) is 7.70. The van der Waals surface area contributed by atoms with Crippen LogP contribution in [0.5, 0.6) is 11.5 Å². The summed E-state index contributed by atoms with van der Waals surface area (Å²) in [5.41, 5.74) is 0.766. The first kappa shape index (κ1) is 18.3. The van der Waals surface area contributed by atoms with Gasteiger partial charge in [0.15, 0.2) is 11.5 Å². The molecular formula is C16H26N2O4. The van der Waals surface area contributed by atoms with Crippen LogP contribution in [-0.4, -0.2) is 54.0 Å². The molecule has 1 atom stereocenters. The number of ether oxygens (including phenoxy) is 3. The Labute approximate surface area is 132 Å². The molecule has 0 aliphatic heterocycles. The highest BCUT2D eigenvalue weighted by Crippen LogP contribution is 2.32. The number of anilines is 1. The summed E-state index contributed by atoms with van der Waals surface area (Å²) in [7, 11) is 6.61. The molecule has 6 heteroatoms. The van der Waals surface area contributed by atoms with E-state index in [1.807, 2.05) is 20.0 Å². The van der Waals surface area contributed by atoms with Crippen molar-refractivity contribution >= 4 is 11.6 Å². The second-order valence-corrected chi connectivity index (χ2v) is 4.98. The van der Waals surface area contributed by atoms with E-state index in [1.54, 1.807) is 38.4 Å². The number of hydrogen-bond donors (Lipinski definition) is 1. The van der Waals surface area contributed by atoms with Gasteiger partial charge in [-0.2, -0.15) is 0 Å². The van der Waals surface area contributed by atoms with Crippen LogP contribution in [0.15, 0.2) is 18.2 Å². The van der Waals surface area contributed by atoms with Crippen molar-refractivity contribution in [1.82, 2.24) is 5.32 Å². The summed E-state index contributed by atoms with van der Waals surface area (Å²) in [6.45, 7) is 3.47. The van der Waals surface area contributed by atoms with Crippen LogP contribution >= 0.6 is 0 Å². The first-order valence-corrected chi connectivity index (χ1v) is 7.26. The third-order valence-electron chi connectivity index (χ3n) is 3.40. The van der Waals surface area contributed by atoms with Gasteiger partial charge in [-0.05, 0) is 19.2 Å². The normalized spacial score (nSPS) is 11.9. The first-order chi connectivity index (χ1) is 10.6. The predicted molar refractivity (Wildman–Crippen MR) is 86.9 cm³/mol. The highest BCUT2D eigenvalue weighted by atomic mass is 16.5. The Morgan fingerprint density at radius 1 is 1.23 bits per heavy atom. The smallest absolute Gasteiger partial charge is 0.231 e. The van der Waals surface area contributed by atoms with Gasteiger partial charge in [0.05, 0.1) is 20.8 Å². The molecule has 1 aromatic carbocycles. The maximum atomic E-state index is 12.7. The number of hydrogen-bond acceptors (Lipinski definition) is 5.